The number of carbonyl (C=O) groups excluding carboxylic acids is 1. The number of hydrogen-bond acceptors (Lipinski definition) is 2. The number of hydrogen-bond donors (Lipinski definition) is 0. The van der Waals surface area contributed by atoms with Gasteiger partial charge in [-0.2, -0.15) is 0 Å². The zero-order valence-electron chi connectivity index (χ0n) is 11.4. The van der Waals surface area contributed by atoms with Crippen LogP contribution < -0.4 is 4.90 Å². The van der Waals surface area contributed by atoms with E-state index in [1.807, 2.05) is 38.1 Å². The first-order valence-electron chi connectivity index (χ1n) is 6.31. The maximum atomic E-state index is 12.9. The summed E-state index contributed by atoms with van der Waals surface area (Å²) in [6.45, 7) is 7.89. The van der Waals surface area contributed by atoms with Gasteiger partial charge in [0, 0.05) is 12.5 Å². The van der Waals surface area contributed by atoms with Crippen LogP contribution in [0, 0.1) is 5.41 Å². The van der Waals surface area contributed by atoms with Crippen LogP contribution in [-0.4, -0.2) is 21.9 Å². The van der Waals surface area contributed by atoms with Crippen LogP contribution in [0.2, 0.25) is 0 Å². The number of benzene rings is 1. The lowest BCUT2D eigenvalue weighted by molar-refractivity contribution is -0.119. The van der Waals surface area contributed by atoms with Gasteiger partial charge in [-0.05, 0) is 25.5 Å². The molecule has 1 fully saturated rings. The second kappa shape index (κ2) is 3.57. The average Bonchev–Trinajstić information content (AvgIpc) is 3.04. The third-order valence-corrected chi connectivity index (χ3v) is 6.85. The quantitative estimate of drug-likeness (QED) is 0.738. The number of carbonyl (C=O) groups is 1. The Morgan fingerprint density at radius 1 is 1.42 bits per heavy atom. The number of allylic oxidation sites excluding steroid dienone is 1. The molecule has 1 saturated carbocycles. The van der Waals surface area contributed by atoms with Crippen LogP contribution >= 0.6 is 0 Å². The fourth-order valence-electron chi connectivity index (χ4n) is 3.07. The largest absolute Gasteiger partial charge is 0.313 e. The van der Waals surface area contributed by atoms with E-state index in [4.69, 9.17) is 0 Å². The Morgan fingerprint density at radius 2 is 2.05 bits per heavy atom. The van der Waals surface area contributed by atoms with Crippen molar-refractivity contribution in [3.63, 3.8) is 0 Å². The maximum Gasteiger partial charge on any atom is 0.246 e. The molecule has 0 bridgehead atoms. The molecule has 1 spiro atoms. The maximum absolute atomic E-state index is 12.9. The van der Waals surface area contributed by atoms with Crippen LogP contribution in [-0.2, 0) is 15.6 Å². The standard InChI is InChI=1S/C15H17NO2S/c1-10(2)14(3)9-15(14)13(17)16(4)11-7-5-6-8-12(11)19(15)18/h5-8H,1,9H2,2-4H3. The van der Waals surface area contributed by atoms with E-state index in [0.717, 1.165) is 16.2 Å². The molecule has 0 saturated heterocycles. The highest BCUT2D eigenvalue weighted by Gasteiger charge is 2.75. The van der Waals surface area contributed by atoms with Crippen molar-refractivity contribution in [1.29, 1.82) is 0 Å². The Hall–Kier alpha value is -1.42. The van der Waals surface area contributed by atoms with Crippen molar-refractivity contribution in [2.24, 2.45) is 5.41 Å². The molecule has 19 heavy (non-hydrogen) atoms. The Labute approximate surface area is 115 Å². The molecular formula is C15H17NO2S. The van der Waals surface area contributed by atoms with Gasteiger partial charge in [0.2, 0.25) is 5.91 Å². The molecular weight excluding hydrogens is 258 g/mol. The minimum atomic E-state index is -1.31. The van der Waals surface area contributed by atoms with Crippen molar-refractivity contribution in [1.82, 2.24) is 0 Å². The molecule has 1 aromatic rings. The van der Waals surface area contributed by atoms with Crippen LogP contribution in [0.4, 0.5) is 5.69 Å². The van der Waals surface area contributed by atoms with E-state index in [2.05, 4.69) is 6.58 Å². The lowest BCUT2D eigenvalue weighted by Crippen LogP contribution is -2.48. The minimum absolute atomic E-state index is 0.0463. The first-order chi connectivity index (χ1) is 8.86. The van der Waals surface area contributed by atoms with Gasteiger partial charge >= 0.3 is 0 Å². The molecule has 2 aliphatic rings. The topological polar surface area (TPSA) is 37.4 Å². The van der Waals surface area contributed by atoms with E-state index in [9.17, 15) is 9.00 Å². The molecule has 1 aliphatic carbocycles. The average molecular weight is 275 g/mol. The Kier molecular flexibility index (Phi) is 2.37. The summed E-state index contributed by atoms with van der Waals surface area (Å²) >= 11 is 0. The predicted octanol–water partition coefficient (Wildman–Crippen LogP) is 2.50. The fourth-order valence-corrected chi connectivity index (χ4v) is 5.34. The third kappa shape index (κ3) is 1.27. The summed E-state index contributed by atoms with van der Waals surface area (Å²) in [6, 6.07) is 7.43. The summed E-state index contributed by atoms with van der Waals surface area (Å²) in [6.07, 6.45) is 0.624. The van der Waals surface area contributed by atoms with Gasteiger partial charge in [-0.15, -0.1) is 0 Å². The Bertz CT molecular complexity index is 639. The van der Waals surface area contributed by atoms with Crippen LogP contribution in [0.1, 0.15) is 20.3 Å². The summed E-state index contributed by atoms with van der Waals surface area (Å²) in [5.41, 5.74) is 1.34. The highest BCUT2D eigenvalue weighted by molar-refractivity contribution is 7.88. The second-order valence-electron chi connectivity index (χ2n) is 5.72. The first kappa shape index (κ1) is 12.6. The van der Waals surface area contributed by atoms with Gasteiger partial charge in [0.25, 0.3) is 0 Å². The molecule has 4 heteroatoms. The molecule has 1 aliphatic heterocycles. The van der Waals surface area contributed by atoms with Gasteiger partial charge in [0.15, 0.2) is 0 Å². The number of anilines is 1. The normalized spacial score (nSPS) is 36.3. The van der Waals surface area contributed by atoms with E-state index in [0.29, 0.717) is 6.42 Å². The van der Waals surface area contributed by atoms with Gasteiger partial charge in [0.1, 0.15) is 4.75 Å². The van der Waals surface area contributed by atoms with Crippen molar-refractivity contribution >= 4 is 22.4 Å². The molecule has 100 valence electrons. The van der Waals surface area contributed by atoms with Gasteiger partial charge in [-0.1, -0.05) is 31.2 Å². The van der Waals surface area contributed by atoms with E-state index in [1.165, 1.54) is 0 Å². The van der Waals surface area contributed by atoms with Gasteiger partial charge in [0.05, 0.1) is 21.4 Å². The summed E-state index contributed by atoms with van der Waals surface area (Å²) < 4.78 is 12.1. The van der Waals surface area contributed by atoms with Crippen LogP contribution in [0.3, 0.4) is 0 Å². The molecule has 1 heterocycles. The van der Waals surface area contributed by atoms with Crippen molar-refractivity contribution in [3.8, 4) is 0 Å². The number of rotatable bonds is 1. The molecule has 1 amide bonds. The third-order valence-electron chi connectivity index (χ3n) is 4.70. The Morgan fingerprint density at radius 3 is 2.63 bits per heavy atom. The van der Waals surface area contributed by atoms with Crippen molar-refractivity contribution in [2.75, 3.05) is 11.9 Å². The lowest BCUT2D eigenvalue weighted by atomic mass is 9.97. The van der Waals surface area contributed by atoms with E-state index < -0.39 is 15.5 Å². The first-order valence-corrected chi connectivity index (χ1v) is 7.46. The highest BCUT2D eigenvalue weighted by atomic mass is 32.2. The number of para-hydroxylation sites is 1. The number of amides is 1. The predicted molar refractivity (Wildman–Crippen MR) is 76.5 cm³/mol. The SMILES string of the molecule is C=C(C)C1(C)CC12C(=O)N(C)c1ccccc1S2=O. The van der Waals surface area contributed by atoms with Gasteiger partial charge in [-0.3, -0.25) is 9.00 Å². The molecule has 3 atom stereocenters. The zero-order chi connectivity index (χ0) is 14.0. The van der Waals surface area contributed by atoms with E-state index in [1.54, 1.807) is 11.9 Å². The lowest BCUT2D eigenvalue weighted by Gasteiger charge is -2.33. The van der Waals surface area contributed by atoms with Crippen LogP contribution in [0.5, 0.6) is 0 Å². The smallest absolute Gasteiger partial charge is 0.246 e. The highest BCUT2D eigenvalue weighted by Crippen LogP contribution is 2.67. The minimum Gasteiger partial charge on any atom is -0.313 e. The monoisotopic (exact) mass is 275 g/mol. The summed E-state index contributed by atoms with van der Waals surface area (Å²) in [5.74, 6) is -0.0463. The molecule has 0 aromatic heterocycles. The zero-order valence-corrected chi connectivity index (χ0v) is 12.2. The van der Waals surface area contributed by atoms with Crippen LogP contribution in [0.15, 0.2) is 41.3 Å². The van der Waals surface area contributed by atoms with Gasteiger partial charge in [-0.25, -0.2) is 0 Å². The van der Waals surface area contributed by atoms with Crippen molar-refractivity contribution in [3.05, 3.63) is 36.4 Å². The molecule has 1 aromatic carbocycles. The second-order valence-corrected chi connectivity index (χ2v) is 7.39. The van der Waals surface area contributed by atoms with Crippen LogP contribution in [0.25, 0.3) is 0 Å². The summed E-state index contributed by atoms with van der Waals surface area (Å²) in [7, 11) is 0.453. The Balaban J connectivity index is 2.20. The van der Waals surface area contributed by atoms with Crippen molar-refractivity contribution < 1.29 is 9.00 Å². The number of fused-ring (bicyclic) bond motifs is 1. The molecule has 3 unspecified atom stereocenters. The van der Waals surface area contributed by atoms with E-state index in [-0.39, 0.29) is 11.3 Å². The van der Waals surface area contributed by atoms with Gasteiger partial charge < -0.3 is 4.90 Å². The summed E-state index contributed by atoms with van der Waals surface area (Å²) in [4.78, 5) is 15.1. The molecule has 3 nitrogen and oxygen atoms in total. The van der Waals surface area contributed by atoms with E-state index >= 15 is 0 Å². The number of nitrogens with zero attached hydrogens (tertiary/aromatic N) is 1. The van der Waals surface area contributed by atoms with Crippen molar-refractivity contribution in [2.45, 2.75) is 29.9 Å². The molecule has 0 N–H and O–H groups in total. The fraction of sp³-hybridized carbons (Fsp3) is 0.400. The summed E-state index contributed by atoms with van der Waals surface area (Å²) in [5, 5.41) is 0. The molecule has 0 radical (unpaired) electrons. The molecule has 3 rings (SSSR count).